The first-order chi connectivity index (χ1) is 7.08. The number of hydrogen-bond donors (Lipinski definition) is 2. The molecule has 0 radical (unpaired) electrons. The van der Waals surface area contributed by atoms with Gasteiger partial charge in [-0.1, -0.05) is 19.8 Å². The Hall–Kier alpha value is -0.610. The van der Waals surface area contributed by atoms with Crippen molar-refractivity contribution in [1.29, 1.82) is 0 Å². The minimum Gasteiger partial charge on any atom is -0.480 e. The highest BCUT2D eigenvalue weighted by molar-refractivity contribution is 5.78. The maximum Gasteiger partial charge on any atom is 0.326 e. The number of likely N-dealkylation sites (N-methyl/N-ethyl adjacent to an activating group) is 1. The van der Waals surface area contributed by atoms with Gasteiger partial charge in [-0.15, -0.1) is 0 Å². The minimum absolute atomic E-state index is 0.251. The summed E-state index contributed by atoms with van der Waals surface area (Å²) in [7, 11) is 0. The predicted molar refractivity (Wildman–Crippen MR) is 57.9 cm³/mol. The maximum atomic E-state index is 11.1. The highest BCUT2D eigenvalue weighted by atomic mass is 16.5. The van der Waals surface area contributed by atoms with Gasteiger partial charge in [-0.2, -0.15) is 0 Å². The van der Waals surface area contributed by atoms with Gasteiger partial charge in [-0.05, 0) is 26.3 Å². The van der Waals surface area contributed by atoms with Gasteiger partial charge in [0, 0.05) is 0 Å². The molecule has 2 N–H and O–H groups in total. The fraction of sp³-hybridized carbons (Fsp3) is 0.909. The number of hydrogen-bond acceptors (Lipinski definition) is 3. The zero-order valence-corrected chi connectivity index (χ0v) is 9.58. The van der Waals surface area contributed by atoms with Gasteiger partial charge in [0.25, 0.3) is 0 Å². The molecule has 0 heterocycles. The molecule has 0 amide bonds. The van der Waals surface area contributed by atoms with Crippen molar-refractivity contribution in [2.24, 2.45) is 0 Å². The third-order valence-electron chi connectivity index (χ3n) is 2.95. The highest BCUT2D eigenvalue weighted by Crippen LogP contribution is 2.22. The van der Waals surface area contributed by atoms with E-state index in [1.54, 1.807) is 6.92 Å². The van der Waals surface area contributed by atoms with Gasteiger partial charge in [0.05, 0.1) is 12.7 Å². The van der Waals surface area contributed by atoms with E-state index in [1.165, 1.54) is 12.8 Å². The van der Waals surface area contributed by atoms with E-state index in [0.717, 1.165) is 12.8 Å². The Balaban J connectivity index is 2.40. The quantitative estimate of drug-likeness (QED) is 0.703. The van der Waals surface area contributed by atoms with E-state index in [1.807, 2.05) is 6.92 Å². The molecule has 0 saturated heterocycles. The summed E-state index contributed by atoms with van der Waals surface area (Å²) >= 11 is 0. The molecule has 0 aromatic carbocycles. The van der Waals surface area contributed by atoms with Crippen LogP contribution in [-0.2, 0) is 9.53 Å². The normalized spacial score (nSPS) is 21.5. The van der Waals surface area contributed by atoms with Crippen LogP contribution in [0.25, 0.3) is 0 Å². The van der Waals surface area contributed by atoms with Gasteiger partial charge in [-0.3, -0.25) is 4.79 Å². The largest absolute Gasteiger partial charge is 0.480 e. The van der Waals surface area contributed by atoms with Gasteiger partial charge in [0.15, 0.2) is 0 Å². The summed E-state index contributed by atoms with van der Waals surface area (Å²) in [5, 5.41) is 12.1. The van der Waals surface area contributed by atoms with Gasteiger partial charge >= 0.3 is 5.97 Å². The zero-order valence-electron chi connectivity index (χ0n) is 9.58. The molecule has 4 nitrogen and oxygen atoms in total. The molecule has 0 aromatic rings. The lowest BCUT2D eigenvalue weighted by Gasteiger charge is -2.27. The molecular formula is C11H21NO3. The molecule has 1 aliphatic carbocycles. The van der Waals surface area contributed by atoms with Crippen molar-refractivity contribution >= 4 is 5.97 Å². The van der Waals surface area contributed by atoms with Crippen molar-refractivity contribution in [1.82, 2.24) is 5.32 Å². The molecule has 0 aliphatic heterocycles. The Morgan fingerprint density at radius 1 is 1.53 bits per heavy atom. The number of aliphatic carboxylic acids is 1. The van der Waals surface area contributed by atoms with Crippen LogP contribution in [0.3, 0.4) is 0 Å². The van der Waals surface area contributed by atoms with Gasteiger partial charge in [0.1, 0.15) is 5.54 Å². The fourth-order valence-corrected chi connectivity index (χ4v) is 1.92. The summed E-state index contributed by atoms with van der Waals surface area (Å²) in [5.74, 6) is -0.845. The summed E-state index contributed by atoms with van der Waals surface area (Å²) in [6.45, 7) is 4.46. The van der Waals surface area contributed by atoms with Crippen LogP contribution < -0.4 is 5.32 Å². The topological polar surface area (TPSA) is 58.6 Å². The van der Waals surface area contributed by atoms with Crippen LogP contribution in [0.4, 0.5) is 0 Å². The molecule has 88 valence electrons. The molecule has 4 heteroatoms. The summed E-state index contributed by atoms with van der Waals surface area (Å²) in [6, 6.07) is 0. The summed E-state index contributed by atoms with van der Waals surface area (Å²) < 4.78 is 5.64. The van der Waals surface area contributed by atoms with Crippen LogP contribution in [0.5, 0.6) is 0 Å². The number of nitrogens with one attached hydrogen (secondary N) is 1. The second kappa shape index (κ2) is 5.47. The Morgan fingerprint density at radius 2 is 2.13 bits per heavy atom. The molecule has 1 rings (SSSR count). The Morgan fingerprint density at radius 3 is 2.60 bits per heavy atom. The first-order valence-corrected chi connectivity index (χ1v) is 5.68. The van der Waals surface area contributed by atoms with E-state index < -0.39 is 11.5 Å². The van der Waals surface area contributed by atoms with Gasteiger partial charge < -0.3 is 15.2 Å². The van der Waals surface area contributed by atoms with E-state index in [2.05, 4.69) is 5.32 Å². The van der Waals surface area contributed by atoms with Gasteiger partial charge in [-0.25, -0.2) is 0 Å². The van der Waals surface area contributed by atoms with Crippen LogP contribution in [0, 0.1) is 0 Å². The number of carboxylic acids is 1. The van der Waals surface area contributed by atoms with E-state index in [9.17, 15) is 4.79 Å². The Bertz CT molecular complexity index is 214. The third kappa shape index (κ3) is 3.47. The second-order valence-corrected chi connectivity index (χ2v) is 4.39. The van der Waals surface area contributed by atoms with E-state index in [4.69, 9.17) is 9.84 Å². The molecule has 1 fully saturated rings. The second-order valence-electron chi connectivity index (χ2n) is 4.39. The lowest BCUT2D eigenvalue weighted by Crippen LogP contribution is -2.53. The molecular weight excluding hydrogens is 194 g/mol. The maximum absolute atomic E-state index is 11.1. The summed E-state index contributed by atoms with van der Waals surface area (Å²) in [6.07, 6.45) is 4.82. The minimum atomic E-state index is -0.947. The number of carboxylic acid groups (broad SMARTS) is 1. The molecule has 0 bridgehead atoms. The van der Waals surface area contributed by atoms with E-state index in [0.29, 0.717) is 6.54 Å². The molecule has 0 spiro atoms. The van der Waals surface area contributed by atoms with Crippen molar-refractivity contribution < 1.29 is 14.6 Å². The SMILES string of the molecule is CCNC(C)(COC1CCCC1)C(=O)O. The third-order valence-corrected chi connectivity index (χ3v) is 2.95. The van der Waals surface area contributed by atoms with Crippen LogP contribution in [0.15, 0.2) is 0 Å². The lowest BCUT2D eigenvalue weighted by molar-refractivity contribution is -0.147. The van der Waals surface area contributed by atoms with Crippen molar-refractivity contribution in [3.63, 3.8) is 0 Å². The Labute approximate surface area is 91.0 Å². The standard InChI is InChI=1S/C11H21NO3/c1-3-12-11(2,10(13)14)8-15-9-6-4-5-7-9/h9,12H,3-8H2,1-2H3,(H,13,14). The highest BCUT2D eigenvalue weighted by Gasteiger charge is 2.33. The van der Waals surface area contributed by atoms with Gasteiger partial charge in [0.2, 0.25) is 0 Å². The van der Waals surface area contributed by atoms with Crippen molar-refractivity contribution in [3.8, 4) is 0 Å². The number of ether oxygens (including phenoxy) is 1. The monoisotopic (exact) mass is 215 g/mol. The molecule has 1 atom stereocenters. The molecule has 1 aliphatic rings. The van der Waals surface area contributed by atoms with Crippen LogP contribution >= 0.6 is 0 Å². The molecule has 15 heavy (non-hydrogen) atoms. The average molecular weight is 215 g/mol. The first-order valence-electron chi connectivity index (χ1n) is 5.68. The Kier molecular flexibility index (Phi) is 4.54. The zero-order chi connectivity index (χ0) is 11.3. The van der Waals surface area contributed by atoms with Crippen LogP contribution in [-0.4, -0.2) is 35.9 Å². The number of rotatable bonds is 6. The summed E-state index contributed by atoms with van der Waals surface area (Å²) in [5.41, 5.74) is -0.947. The van der Waals surface area contributed by atoms with Crippen molar-refractivity contribution in [2.75, 3.05) is 13.2 Å². The lowest BCUT2D eigenvalue weighted by atomic mass is 10.0. The average Bonchev–Trinajstić information content (AvgIpc) is 2.67. The van der Waals surface area contributed by atoms with Crippen LogP contribution in [0.1, 0.15) is 39.5 Å². The first kappa shape index (κ1) is 12.5. The van der Waals surface area contributed by atoms with E-state index in [-0.39, 0.29) is 12.7 Å². The molecule has 1 unspecified atom stereocenters. The number of carbonyl (C=O) groups is 1. The van der Waals surface area contributed by atoms with Crippen LogP contribution in [0.2, 0.25) is 0 Å². The smallest absolute Gasteiger partial charge is 0.326 e. The molecule has 0 aromatic heterocycles. The molecule has 1 saturated carbocycles. The van der Waals surface area contributed by atoms with E-state index >= 15 is 0 Å². The predicted octanol–water partition coefficient (Wildman–Crippen LogP) is 1.40. The fourth-order valence-electron chi connectivity index (χ4n) is 1.92. The van der Waals surface area contributed by atoms with Crippen molar-refractivity contribution in [2.45, 2.75) is 51.2 Å². The summed E-state index contributed by atoms with van der Waals surface area (Å²) in [4.78, 5) is 11.1. The van der Waals surface area contributed by atoms with Crippen molar-refractivity contribution in [3.05, 3.63) is 0 Å².